The number of nitrogens with zero attached hydrogens (tertiary/aromatic N) is 3. The van der Waals surface area contributed by atoms with Gasteiger partial charge in [0.1, 0.15) is 0 Å². The fourth-order valence-electron chi connectivity index (χ4n) is 9.56. The Morgan fingerprint density at radius 3 is 0.833 bits per heavy atom. The summed E-state index contributed by atoms with van der Waals surface area (Å²) in [7, 11) is 0. The lowest BCUT2D eigenvalue weighted by Crippen LogP contribution is -2.12. The van der Waals surface area contributed by atoms with Crippen molar-refractivity contribution in [3.63, 3.8) is 0 Å². The van der Waals surface area contributed by atoms with E-state index in [2.05, 4.69) is 300 Å². The van der Waals surface area contributed by atoms with E-state index in [-0.39, 0.29) is 0 Å². The molecule has 358 valence electrons. The monoisotopic (exact) mass is 938 g/mol. The van der Waals surface area contributed by atoms with E-state index in [1.165, 1.54) is 51.9 Å². The van der Waals surface area contributed by atoms with Crippen molar-refractivity contribution in [2.75, 3.05) is 14.7 Å². The predicted molar refractivity (Wildman–Crippen MR) is 313 cm³/mol. The second kappa shape index (κ2) is 22.7. The highest BCUT2D eigenvalue weighted by atomic mass is 15.2. The predicted octanol–water partition coefficient (Wildman–Crippen LogP) is 20.3. The average molecular weight is 938 g/mol. The molecule has 0 fully saturated rings. The molecule has 0 radical (unpaired) electrons. The molecule has 1 unspecified atom stereocenters. The van der Waals surface area contributed by atoms with Gasteiger partial charge in [-0.05, 0) is 190 Å². The van der Waals surface area contributed by atoms with Crippen LogP contribution in [0, 0.1) is 34.6 Å². The van der Waals surface area contributed by atoms with Crippen molar-refractivity contribution in [3.05, 3.63) is 268 Å². The summed E-state index contributed by atoms with van der Waals surface area (Å²) < 4.78 is 0. The van der Waals surface area contributed by atoms with Crippen LogP contribution in [0.5, 0.6) is 0 Å². The van der Waals surface area contributed by atoms with Crippen LogP contribution in [0.1, 0.15) is 94.7 Å². The van der Waals surface area contributed by atoms with Crippen molar-refractivity contribution < 1.29 is 0 Å². The topological polar surface area (TPSA) is 9.72 Å². The summed E-state index contributed by atoms with van der Waals surface area (Å²) in [6.07, 6.45) is 12.4. The first-order valence-electron chi connectivity index (χ1n) is 25.7. The van der Waals surface area contributed by atoms with Gasteiger partial charge in [0.2, 0.25) is 0 Å². The maximum Gasteiger partial charge on any atom is 0.0490 e. The van der Waals surface area contributed by atoms with E-state index >= 15 is 0 Å². The first-order chi connectivity index (χ1) is 35.1. The van der Waals surface area contributed by atoms with Gasteiger partial charge in [0, 0.05) is 51.2 Å². The largest absolute Gasteiger partial charge is 0.311 e. The molecule has 1 atom stereocenters. The van der Waals surface area contributed by atoms with Gasteiger partial charge in [0.15, 0.2) is 0 Å². The molecule has 3 heteroatoms. The van der Waals surface area contributed by atoms with Crippen LogP contribution < -0.4 is 14.7 Å². The fraction of sp³-hybridized carbons (Fsp3) is 0.159. The van der Waals surface area contributed by atoms with Crippen LogP contribution in [-0.4, -0.2) is 0 Å². The zero-order valence-corrected chi connectivity index (χ0v) is 43.1. The van der Waals surface area contributed by atoms with Gasteiger partial charge in [-0.1, -0.05) is 176 Å². The minimum absolute atomic E-state index is 0.571. The van der Waals surface area contributed by atoms with Gasteiger partial charge >= 0.3 is 0 Å². The highest BCUT2D eigenvalue weighted by Gasteiger charge is 2.18. The number of hydrogen-bond acceptors (Lipinski definition) is 3. The highest BCUT2D eigenvalue weighted by molar-refractivity contribution is 5.83. The molecule has 9 rings (SSSR count). The number of anilines is 9. The van der Waals surface area contributed by atoms with Crippen LogP contribution in [0.3, 0.4) is 0 Å². The van der Waals surface area contributed by atoms with E-state index in [0.29, 0.717) is 5.92 Å². The van der Waals surface area contributed by atoms with E-state index < -0.39 is 0 Å². The Bertz CT molecular complexity index is 2940. The van der Waals surface area contributed by atoms with Gasteiger partial charge in [-0.2, -0.15) is 0 Å². The smallest absolute Gasteiger partial charge is 0.0490 e. The van der Waals surface area contributed by atoms with Gasteiger partial charge in [0.25, 0.3) is 0 Å². The Morgan fingerprint density at radius 1 is 0.319 bits per heavy atom. The normalized spacial score (nSPS) is 11.8. The van der Waals surface area contributed by atoms with Crippen molar-refractivity contribution in [2.24, 2.45) is 0 Å². The van der Waals surface area contributed by atoms with Gasteiger partial charge < -0.3 is 14.7 Å². The van der Waals surface area contributed by atoms with Crippen LogP contribution in [0.25, 0.3) is 24.3 Å². The van der Waals surface area contributed by atoms with Crippen LogP contribution in [0.15, 0.2) is 212 Å². The van der Waals surface area contributed by atoms with E-state index in [4.69, 9.17) is 0 Å². The minimum atomic E-state index is 0.571. The molecule has 0 aliphatic rings. The zero-order valence-electron chi connectivity index (χ0n) is 43.1. The number of benzene rings is 9. The molecule has 0 saturated heterocycles. The van der Waals surface area contributed by atoms with Crippen LogP contribution in [0.2, 0.25) is 0 Å². The SMILES string of the molecule is CCCC(CC)c1ccc(N(c2ccc(/C=C/c3ccc(N(c4ccc(C)cc4)c4ccc(C)cc4)cc3)cc2)c2ccc(/C=C/c3ccc(N(c4ccc(C)cc4)c4ccc(C)cc4)cc3)cc2)c(C)c1. The van der Waals surface area contributed by atoms with Crippen LogP contribution >= 0.6 is 0 Å². The summed E-state index contributed by atoms with van der Waals surface area (Å²) in [5.74, 6) is 0.571. The Kier molecular flexibility index (Phi) is 15.4. The highest BCUT2D eigenvalue weighted by Crippen LogP contribution is 2.40. The van der Waals surface area contributed by atoms with Gasteiger partial charge in [-0.25, -0.2) is 0 Å². The molecule has 0 amide bonds. The Balaban J connectivity index is 0.951. The second-order valence-corrected chi connectivity index (χ2v) is 19.3. The van der Waals surface area contributed by atoms with Crippen molar-refractivity contribution >= 4 is 75.5 Å². The second-order valence-electron chi connectivity index (χ2n) is 19.3. The molecule has 9 aromatic carbocycles. The number of hydrogen-bond donors (Lipinski definition) is 0. The molecule has 9 aromatic rings. The third kappa shape index (κ3) is 11.7. The van der Waals surface area contributed by atoms with Gasteiger partial charge in [-0.15, -0.1) is 0 Å². The van der Waals surface area contributed by atoms with Crippen molar-refractivity contribution in [1.29, 1.82) is 0 Å². The lowest BCUT2D eigenvalue weighted by molar-refractivity contribution is 0.595. The summed E-state index contributed by atoms with van der Waals surface area (Å²) in [5, 5.41) is 0. The maximum absolute atomic E-state index is 2.42. The van der Waals surface area contributed by atoms with E-state index in [1.807, 2.05) is 0 Å². The molecule has 0 aliphatic carbocycles. The molecular formula is C69H67N3. The van der Waals surface area contributed by atoms with Crippen LogP contribution in [-0.2, 0) is 0 Å². The number of rotatable bonds is 17. The number of aryl methyl sites for hydroxylation is 5. The minimum Gasteiger partial charge on any atom is -0.311 e. The van der Waals surface area contributed by atoms with Crippen molar-refractivity contribution in [2.45, 2.75) is 73.6 Å². The molecule has 0 bridgehead atoms. The lowest BCUT2D eigenvalue weighted by atomic mass is 9.90. The maximum atomic E-state index is 2.42. The third-order valence-electron chi connectivity index (χ3n) is 13.8. The molecule has 0 heterocycles. The molecule has 0 aliphatic heterocycles. The van der Waals surface area contributed by atoms with Crippen molar-refractivity contribution in [3.8, 4) is 0 Å². The fourth-order valence-corrected chi connectivity index (χ4v) is 9.56. The van der Waals surface area contributed by atoms with Gasteiger partial charge in [0.05, 0.1) is 0 Å². The van der Waals surface area contributed by atoms with Crippen LogP contribution in [0.4, 0.5) is 51.2 Å². The standard InChI is InChI=1S/C69H67N3/c1-8-10-59(9-2)60-31-48-69(54(7)49-60)72(67-44-27-57(28-45-67)21-19-55-23-40-65(41-24-55)70(61-32-11-50(3)12-33-61)62-34-13-51(4)14-35-62)68-46-29-58(30-47-68)22-20-56-25-42-66(43-26-56)71(63-36-15-52(5)16-37-63)64-38-17-53(6)18-39-64/h11-49,59H,8-10H2,1-7H3/b21-19+,22-20+. The average Bonchev–Trinajstić information content (AvgIpc) is 3.41. The Hall–Kier alpha value is -8.14. The van der Waals surface area contributed by atoms with Crippen molar-refractivity contribution in [1.82, 2.24) is 0 Å². The molecule has 0 saturated carbocycles. The third-order valence-corrected chi connectivity index (χ3v) is 13.8. The first-order valence-corrected chi connectivity index (χ1v) is 25.7. The Morgan fingerprint density at radius 2 is 0.583 bits per heavy atom. The molecule has 72 heavy (non-hydrogen) atoms. The summed E-state index contributed by atoms with van der Waals surface area (Å²) in [5.41, 5.74) is 22.5. The summed E-state index contributed by atoms with van der Waals surface area (Å²) >= 11 is 0. The summed E-state index contributed by atoms with van der Waals surface area (Å²) in [4.78, 5) is 7.04. The zero-order chi connectivity index (χ0) is 50.0. The quantitative estimate of drug-likeness (QED) is 0.0843. The molecule has 0 spiro atoms. The molecular weight excluding hydrogens is 871 g/mol. The summed E-state index contributed by atoms with van der Waals surface area (Å²) in [6.45, 7) is 15.4. The molecule has 0 N–H and O–H groups in total. The Labute approximate surface area is 429 Å². The van der Waals surface area contributed by atoms with E-state index in [9.17, 15) is 0 Å². The first kappa shape index (κ1) is 48.9. The van der Waals surface area contributed by atoms with Gasteiger partial charge in [-0.3, -0.25) is 0 Å². The van der Waals surface area contributed by atoms with E-state index in [0.717, 1.165) is 74.2 Å². The lowest BCUT2D eigenvalue weighted by Gasteiger charge is -2.28. The molecule has 3 nitrogen and oxygen atoms in total. The molecule has 0 aromatic heterocycles. The summed E-state index contributed by atoms with van der Waals surface area (Å²) in [6, 6.07) is 77.6. The van der Waals surface area contributed by atoms with E-state index in [1.54, 1.807) is 0 Å².